The molecule has 0 amide bonds. The molecule has 0 aromatic heterocycles. The Morgan fingerprint density at radius 2 is 1.71 bits per heavy atom. The number of hydrogen-bond acceptors (Lipinski definition) is 4. The summed E-state index contributed by atoms with van der Waals surface area (Å²) in [6.45, 7) is 0. The summed E-state index contributed by atoms with van der Waals surface area (Å²) in [5, 5.41) is 17.0. The van der Waals surface area contributed by atoms with Crippen molar-refractivity contribution in [2.45, 2.75) is 31.8 Å². The van der Waals surface area contributed by atoms with E-state index >= 15 is 0 Å². The van der Waals surface area contributed by atoms with Crippen molar-refractivity contribution in [1.29, 1.82) is 0 Å². The maximum Gasteiger partial charge on any atom is 0.303 e. The van der Waals surface area contributed by atoms with E-state index in [1.807, 2.05) is 0 Å². The standard InChI is InChI=1S/C8H16N2O4/c9-6(10)3-5(4-8(13)14)1-2-7(11)12/h5-6H,1-4,9-10H2,(H,11,12)(H,13,14). The Balaban J connectivity index is 3.96. The smallest absolute Gasteiger partial charge is 0.303 e. The second-order valence-electron chi connectivity index (χ2n) is 3.30. The van der Waals surface area contributed by atoms with Crippen LogP contribution < -0.4 is 11.5 Å². The maximum atomic E-state index is 10.4. The third-order valence-electron chi connectivity index (χ3n) is 1.84. The topological polar surface area (TPSA) is 127 Å². The lowest BCUT2D eigenvalue weighted by molar-refractivity contribution is -0.140. The molecule has 0 bridgehead atoms. The van der Waals surface area contributed by atoms with Crippen LogP contribution in [0.2, 0.25) is 0 Å². The molecule has 0 saturated carbocycles. The molecule has 6 nitrogen and oxygen atoms in total. The van der Waals surface area contributed by atoms with Crippen LogP contribution in [0.25, 0.3) is 0 Å². The molecule has 0 fully saturated rings. The highest BCUT2D eigenvalue weighted by Crippen LogP contribution is 2.16. The molecule has 0 aliphatic carbocycles. The number of nitrogens with two attached hydrogens (primary N) is 2. The van der Waals surface area contributed by atoms with E-state index in [0.29, 0.717) is 12.8 Å². The van der Waals surface area contributed by atoms with Crippen molar-refractivity contribution in [3.8, 4) is 0 Å². The van der Waals surface area contributed by atoms with Gasteiger partial charge in [0.15, 0.2) is 0 Å². The highest BCUT2D eigenvalue weighted by atomic mass is 16.4. The summed E-state index contributed by atoms with van der Waals surface area (Å²) in [4.78, 5) is 20.7. The third-order valence-corrected chi connectivity index (χ3v) is 1.84. The Labute approximate surface area is 81.9 Å². The lowest BCUT2D eigenvalue weighted by Gasteiger charge is -2.15. The summed E-state index contributed by atoms with van der Waals surface area (Å²) in [6.07, 6.45) is -0.0947. The Morgan fingerprint density at radius 1 is 1.14 bits per heavy atom. The van der Waals surface area contributed by atoms with Gasteiger partial charge in [0.25, 0.3) is 0 Å². The van der Waals surface area contributed by atoms with Crippen LogP contribution >= 0.6 is 0 Å². The second-order valence-corrected chi connectivity index (χ2v) is 3.30. The van der Waals surface area contributed by atoms with Gasteiger partial charge in [-0.15, -0.1) is 0 Å². The van der Waals surface area contributed by atoms with E-state index in [9.17, 15) is 9.59 Å². The minimum Gasteiger partial charge on any atom is -0.481 e. The van der Waals surface area contributed by atoms with E-state index in [0.717, 1.165) is 0 Å². The van der Waals surface area contributed by atoms with Gasteiger partial charge in [-0.1, -0.05) is 0 Å². The lowest BCUT2D eigenvalue weighted by Crippen LogP contribution is -2.33. The molecule has 1 unspecified atom stereocenters. The minimum absolute atomic E-state index is 0.0509. The molecule has 0 aromatic carbocycles. The van der Waals surface area contributed by atoms with Gasteiger partial charge >= 0.3 is 11.9 Å². The summed E-state index contributed by atoms with van der Waals surface area (Å²) in [5.74, 6) is -2.16. The summed E-state index contributed by atoms with van der Waals surface area (Å²) < 4.78 is 0. The number of carboxylic acids is 2. The first kappa shape index (κ1) is 12.9. The summed E-state index contributed by atoms with van der Waals surface area (Å²) in [5.41, 5.74) is 10.6. The van der Waals surface area contributed by atoms with E-state index in [-0.39, 0.29) is 18.8 Å². The van der Waals surface area contributed by atoms with E-state index in [1.165, 1.54) is 0 Å². The Hall–Kier alpha value is -1.14. The fourth-order valence-corrected chi connectivity index (χ4v) is 1.26. The van der Waals surface area contributed by atoms with Gasteiger partial charge < -0.3 is 21.7 Å². The maximum absolute atomic E-state index is 10.4. The van der Waals surface area contributed by atoms with Crippen molar-refractivity contribution in [3.05, 3.63) is 0 Å². The van der Waals surface area contributed by atoms with E-state index in [2.05, 4.69) is 0 Å². The summed E-state index contributed by atoms with van der Waals surface area (Å²) >= 11 is 0. The molecule has 0 rings (SSSR count). The predicted octanol–water partition coefficient (Wildman–Crippen LogP) is -0.424. The van der Waals surface area contributed by atoms with Gasteiger partial charge in [-0.25, -0.2) is 0 Å². The van der Waals surface area contributed by atoms with Crippen LogP contribution in [0.1, 0.15) is 25.7 Å². The lowest BCUT2D eigenvalue weighted by atomic mass is 9.94. The molecule has 14 heavy (non-hydrogen) atoms. The van der Waals surface area contributed by atoms with Gasteiger partial charge in [0, 0.05) is 12.8 Å². The average Bonchev–Trinajstić information content (AvgIpc) is 1.97. The van der Waals surface area contributed by atoms with Crippen molar-refractivity contribution < 1.29 is 19.8 Å². The highest BCUT2D eigenvalue weighted by Gasteiger charge is 2.16. The number of carbonyl (C=O) groups is 2. The summed E-state index contributed by atoms with van der Waals surface area (Å²) in [7, 11) is 0. The molecular formula is C8H16N2O4. The second kappa shape index (κ2) is 6.33. The third kappa shape index (κ3) is 7.51. The van der Waals surface area contributed by atoms with Crippen LogP contribution in [-0.4, -0.2) is 28.3 Å². The van der Waals surface area contributed by atoms with Gasteiger partial charge in [-0.2, -0.15) is 0 Å². The Morgan fingerprint density at radius 3 is 2.07 bits per heavy atom. The van der Waals surface area contributed by atoms with Gasteiger partial charge in [-0.3, -0.25) is 9.59 Å². The molecule has 0 heterocycles. The predicted molar refractivity (Wildman–Crippen MR) is 49.4 cm³/mol. The monoisotopic (exact) mass is 204 g/mol. The minimum atomic E-state index is -0.957. The molecule has 0 radical (unpaired) electrons. The van der Waals surface area contributed by atoms with Gasteiger partial charge in [0.2, 0.25) is 0 Å². The zero-order valence-corrected chi connectivity index (χ0v) is 7.85. The first-order valence-corrected chi connectivity index (χ1v) is 4.36. The molecule has 0 aliphatic rings. The SMILES string of the molecule is NC(N)CC(CCC(=O)O)CC(=O)O. The zero-order valence-electron chi connectivity index (χ0n) is 7.85. The largest absolute Gasteiger partial charge is 0.481 e. The van der Waals surface area contributed by atoms with Crippen molar-refractivity contribution >= 4 is 11.9 Å². The first-order chi connectivity index (χ1) is 6.41. The summed E-state index contributed by atoms with van der Waals surface area (Å²) in [6, 6.07) is 0. The highest BCUT2D eigenvalue weighted by molar-refractivity contribution is 5.68. The average molecular weight is 204 g/mol. The molecule has 0 aromatic rings. The van der Waals surface area contributed by atoms with Crippen LogP contribution in [-0.2, 0) is 9.59 Å². The molecule has 0 aliphatic heterocycles. The van der Waals surface area contributed by atoms with Crippen LogP contribution in [0.15, 0.2) is 0 Å². The number of carboxylic acid groups (broad SMARTS) is 2. The quantitative estimate of drug-likeness (QED) is 0.417. The van der Waals surface area contributed by atoms with Crippen LogP contribution in [0, 0.1) is 5.92 Å². The fourth-order valence-electron chi connectivity index (χ4n) is 1.26. The van der Waals surface area contributed by atoms with Crippen molar-refractivity contribution in [2.24, 2.45) is 17.4 Å². The van der Waals surface area contributed by atoms with E-state index in [1.54, 1.807) is 0 Å². The molecular weight excluding hydrogens is 188 g/mol. The van der Waals surface area contributed by atoms with Crippen molar-refractivity contribution in [2.75, 3.05) is 0 Å². The number of hydrogen-bond donors (Lipinski definition) is 4. The van der Waals surface area contributed by atoms with Gasteiger partial charge in [-0.05, 0) is 18.8 Å². The molecule has 1 atom stereocenters. The van der Waals surface area contributed by atoms with Crippen LogP contribution in [0.5, 0.6) is 0 Å². The normalized spacial score (nSPS) is 12.8. The molecule has 82 valence electrons. The Kier molecular flexibility index (Phi) is 5.82. The molecule has 0 spiro atoms. The van der Waals surface area contributed by atoms with E-state index < -0.39 is 18.1 Å². The van der Waals surface area contributed by atoms with Gasteiger partial charge in [0.05, 0.1) is 6.17 Å². The molecule has 6 heteroatoms. The van der Waals surface area contributed by atoms with Gasteiger partial charge in [0.1, 0.15) is 0 Å². The van der Waals surface area contributed by atoms with Crippen molar-refractivity contribution in [3.63, 3.8) is 0 Å². The Bertz CT molecular complexity index is 206. The number of aliphatic carboxylic acids is 2. The zero-order chi connectivity index (χ0) is 11.1. The fraction of sp³-hybridized carbons (Fsp3) is 0.750. The van der Waals surface area contributed by atoms with Crippen LogP contribution in [0.4, 0.5) is 0 Å². The molecule has 0 saturated heterocycles. The number of rotatable bonds is 7. The first-order valence-electron chi connectivity index (χ1n) is 4.36. The van der Waals surface area contributed by atoms with Crippen LogP contribution in [0.3, 0.4) is 0 Å². The molecule has 6 N–H and O–H groups in total. The van der Waals surface area contributed by atoms with E-state index in [4.69, 9.17) is 21.7 Å². The van der Waals surface area contributed by atoms with Crippen molar-refractivity contribution in [1.82, 2.24) is 0 Å².